The molecule has 3 aliphatic rings. The van der Waals surface area contributed by atoms with E-state index in [1.807, 2.05) is 0 Å². The van der Waals surface area contributed by atoms with Gasteiger partial charge in [0.1, 0.15) is 0 Å². The van der Waals surface area contributed by atoms with E-state index in [0.29, 0.717) is 16.9 Å². The van der Waals surface area contributed by atoms with Gasteiger partial charge in [-0.15, -0.1) is 0 Å². The Morgan fingerprint density at radius 1 is 1.42 bits per heavy atom. The van der Waals surface area contributed by atoms with Crippen LogP contribution in [-0.2, 0) is 4.74 Å². The number of rotatable bonds is 0. The lowest BCUT2D eigenvalue weighted by Crippen LogP contribution is -2.36. The van der Waals surface area contributed by atoms with Crippen LogP contribution >= 0.6 is 0 Å². The molecule has 1 aliphatic heterocycles. The van der Waals surface area contributed by atoms with Crippen molar-refractivity contribution in [2.45, 2.75) is 38.7 Å². The lowest BCUT2D eigenvalue weighted by molar-refractivity contribution is 0.0498. The monoisotopic (exact) mass is 164 g/mol. The molecule has 1 unspecified atom stereocenters. The summed E-state index contributed by atoms with van der Waals surface area (Å²) in [6.07, 6.45) is 10.6. The third-order valence-electron chi connectivity index (χ3n) is 4.51. The molecule has 0 spiro atoms. The van der Waals surface area contributed by atoms with Crippen LogP contribution < -0.4 is 0 Å². The van der Waals surface area contributed by atoms with Crippen molar-refractivity contribution in [2.75, 3.05) is 6.61 Å². The minimum absolute atomic E-state index is 0.440. The Kier molecular flexibility index (Phi) is 1.16. The summed E-state index contributed by atoms with van der Waals surface area (Å²) in [4.78, 5) is 0. The summed E-state index contributed by atoms with van der Waals surface area (Å²) >= 11 is 0. The Hall–Kier alpha value is -0.300. The summed E-state index contributed by atoms with van der Waals surface area (Å²) in [5, 5.41) is 0. The maximum atomic E-state index is 5.84. The van der Waals surface area contributed by atoms with Gasteiger partial charge in [-0.1, -0.05) is 19.1 Å². The van der Waals surface area contributed by atoms with Crippen molar-refractivity contribution in [3.8, 4) is 0 Å². The Bertz CT molecular complexity index is 235. The van der Waals surface area contributed by atoms with Crippen LogP contribution in [-0.4, -0.2) is 12.7 Å². The van der Waals surface area contributed by atoms with Gasteiger partial charge in [0.25, 0.3) is 0 Å². The minimum Gasteiger partial charge on any atom is -0.377 e. The molecule has 1 nitrogen and oxygen atoms in total. The van der Waals surface area contributed by atoms with Gasteiger partial charge in [0.15, 0.2) is 0 Å². The standard InChI is InChI=1S/C11H16O/c1-10-5-2-3-6-11(10)7-4-9(10)12-8-11/h3,6,9H,2,4-5,7-8H2,1H3/t9?,10-,11+/m1/s1. The average molecular weight is 164 g/mol. The van der Waals surface area contributed by atoms with E-state index in [1.54, 1.807) is 0 Å². The van der Waals surface area contributed by atoms with Gasteiger partial charge in [0.2, 0.25) is 0 Å². The van der Waals surface area contributed by atoms with E-state index < -0.39 is 0 Å². The highest BCUT2D eigenvalue weighted by Gasteiger charge is 2.61. The fourth-order valence-electron chi connectivity index (χ4n) is 3.49. The van der Waals surface area contributed by atoms with E-state index in [-0.39, 0.29) is 0 Å². The second kappa shape index (κ2) is 1.95. The predicted octanol–water partition coefficient (Wildman–Crippen LogP) is 2.52. The minimum atomic E-state index is 0.440. The average Bonchev–Trinajstić information content (AvgIpc) is 2.54. The predicted molar refractivity (Wildman–Crippen MR) is 47.9 cm³/mol. The van der Waals surface area contributed by atoms with Gasteiger partial charge < -0.3 is 4.74 Å². The Balaban J connectivity index is 2.13. The third-order valence-corrected chi connectivity index (χ3v) is 4.51. The Morgan fingerprint density at radius 2 is 2.33 bits per heavy atom. The molecule has 1 heterocycles. The van der Waals surface area contributed by atoms with Crippen molar-refractivity contribution in [1.29, 1.82) is 0 Å². The van der Waals surface area contributed by atoms with Crippen LogP contribution in [0.25, 0.3) is 0 Å². The van der Waals surface area contributed by atoms with Crippen LogP contribution in [0.4, 0.5) is 0 Å². The van der Waals surface area contributed by atoms with Crippen LogP contribution in [0.1, 0.15) is 32.6 Å². The molecule has 0 amide bonds. The fraction of sp³-hybridized carbons (Fsp3) is 0.818. The summed E-state index contributed by atoms with van der Waals surface area (Å²) in [7, 11) is 0. The van der Waals surface area contributed by atoms with Crippen LogP contribution in [0.3, 0.4) is 0 Å². The maximum Gasteiger partial charge on any atom is 0.0638 e. The maximum absolute atomic E-state index is 5.84. The molecule has 1 heteroatoms. The van der Waals surface area contributed by atoms with Gasteiger partial charge in [-0.05, 0) is 25.7 Å². The van der Waals surface area contributed by atoms with Gasteiger partial charge in [0, 0.05) is 10.8 Å². The van der Waals surface area contributed by atoms with Crippen molar-refractivity contribution in [1.82, 2.24) is 0 Å². The van der Waals surface area contributed by atoms with Gasteiger partial charge in [-0.2, -0.15) is 0 Å². The van der Waals surface area contributed by atoms with E-state index >= 15 is 0 Å². The summed E-state index contributed by atoms with van der Waals surface area (Å²) in [6.45, 7) is 3.42. The quantitative estimate of drug-likeness (QED) is 0.500. The molecule has 0 N–H and O–H groups in total. The molecule has 2 aliphatic carbocycles. The molecule has 1 saturated carbocycles. The van der Waals surface area contributed by atoms with Crippen molar-refractivity contribution in [3.05, 3.63) is 12.2 Å². The summed E-state index contributed by atoms with van der Waals surface area (Å²) in [5.74, 6) is 0. The third kappa shape index (κ3) is 0.576. The molecular formula is C11H16O. The second-order valence-electron chi connectivity index (χ2n) is 4.85. The normalized spacial score (nSPS) is 55.9. The van der Waals surface area contributed by atoms with Crippen molar-refractivity contribution < 1.29 is 4.74 Å². The lowest BCUT2D eigenvalue weighted by atomic mass is 9.63. The highest BCUT2D eigenvalue weighted by molar-refractivity contribution is 5.21. The van der Waals surface area contributed by atoms with E-state index in [2.05, 4.69) is 19.1 Å². The van der Waals surface area contributed by atoms with Gasteiger partial charge in [-0.3, -0.25) is 0 Å². The lowest BCUT2D eigenvalue weighted by Gasteiger charge is -2.39. The van der Waals surface area contributed by atoms with Crippen molar-refractivity contribution in [3.63, 3.8) is 0 Å². The smallest absolute Gasteiger partial charge is 0.0638 e. The molecule has 2 fully saturated rings. The summed E-state index contributed by atoms with van der Waals surface area (Å²) in [6, 6.07) is 0. The number of hydrogen-bond acceptors (Lipinski definition) is 1. The zero-order valence-electron chi connectivity index (χ0n) is 7.68. The molecule has 1 saturated heterocycles. The first-order chi connectivity index (χ1) is 5.77. The molecule has 66 valence electrons. The summed E-state index contributed by atoms with van der Waals surface area (Å²) < 4.78 is 5.84. The van der Waals surface area contributed by atoms with Crippen LogP contribution in [0, 0.1) is 10.8 Å². The van der Waals surface area contributed by atoms with Crippen LogP contribution in [0.15, 0.2) is 12.2 Å². The number of allylic oxidation sites excluding steroid dienone is 1. The second-order valence-corrected chi connectivity index (χ2v) is 4.85. The molecular weight excluding hydrogens is 148 g/mol. The Labute approximate surface area is 73.8 Å². The van der Waals surface area contributed by atoms with Crippen molar-refractivity contribution in [2.24, 2.45) is 10.8 Å². The zero-order valence-corrected chi connectivity index (χ0v) is 7.68. The van der Waals surface area contributed by atoms with Gasteiger partial charge >= 0.3 is 0 Å². The highest BCUT2D eigenvalue weighted by atomic mass is 16.5. The molecule has 3 atom stereocenters. The molecule has 3 rings (SSSR count). The molecule has 0 aromatic heterocycles. The first-order valence-electron chi connectivity index (χ1n) is 5.06. The van der Waals surface area contributed by atoms with E-state index in [9.17, 15) is 0 Å². The van der Waals surface area contributed by atoms with E-state index in [4.69, 9.17) is 4.74 Å². The van der Waals surface area contributed by atoms with Crippen molar-refractivity contribution >= 4 is 0 Å². The SMILES string of the molecule is C[C@]12CCC=C[C@@]13CCC2OC3. The number of hydrogen-bond donors (Lipinski definition) is 0. The molecule has 0 aromatic rings. The van der Waals surface area contributed by atoms with Gasteiger partial charge in [-0.25, -0.2) is 0 Å². The fourth-order valence-corrected chi connectivity index (χ4v) is 3.49. The number of ether oxygens (including phenoxy) is 1. The van der Waals surface area contributed by atoms with Crippen LogP contribution in [0.2, 0.25) is 0 Å². The van der Waals surface area contributed by atoms with E-state index in [1.165, 1.54) is 25.7 Å². The first-order valence-corrected chi connectivity index (χ1v) is 5.06. The first kappa shape index (κ1) is 7.14. The molecule has 0 radical (unpaired) electrons. The van der Waals surface area contributed by atoms with Gasteiger partial charge in [0.05, 0.1) is 12.7 Å². The highest BCUT2D eigenvalue weighted by Crippen LogP contribution is 2.63. The Morgan fingerprint density at radius 3 is 3.00 bits per heavy atom. The molecule has 0 aromatic carbocycles. The topological polar surface area (TPSA) is 9.23 Å². The molecule has 2 bridgehead atoms. The zero-order chi connectivity index (χ0) is 8.23. The van der Waals surface area contributed by atoms with Crippen LogP contribution in [0.5, 0.6) is 0 Å². The largest absolute Gasteiger partial charge is 0.377 e. The van der Waals surface area contributed by atoms with E-state index in [0.717, 1.165) is 6.61 Å². The molecule has 12 heavy (non-hydrogen) atoms. The summed E-state index contributed by atoms with van der Waals surface area (Å²) in [5.41, 5.74) is 0.928.